The highest BCUT2D eigenvalue weighted by atomic mass is 35.5. The van der Waals surface area contributed by atoms with Gasteiger partial charge in [0.2, 0.25) is 0 Å². The van der Waals surface area contributed by atoms with Crippen LogP contribution in [0.1, 0.15) is 6.92 Å². The van der Waals surface area contributed by atoms with E-state index >= 15 is 0 Å². The summed E-state index contributed by atoms with van der Waals surface area (Å²) in [5.41, 5.74) is -0.163. The molecule has 0 unspecified atom stereocenters. The molecule has 0 bridgehead atoms. The Balaban J connectivity index is 3.28. The summed E-state index contributed by atoms with van der Waals surface area (Å²) in [6, 6.07) is 3.16. The molecule has 0 saturated heterocycles. The molecule has 1 aromatic rings. The lowest BCUT2D eigenvalue weighted by molar-refractivity contribution is -0.422. The molecule has 1 N–H and O–H groups in total. The van der Waals surface area contributed by atoms with Crippen LogP contribution in [0.5, 0.6) is 0 Å². The van der Waals surface area contributed by atoms with Crippen LogP contribution >= 0.6 is 11.6 Å². The number of ether oxygens (including phenoxy) is 1. The second-order valence-electron chi connectivity index (χ2n) is 3.82. The molecule has 0 aliphatic carbocycles. The third-order valence-electron chi connectivity index (χ3n) is 2.55. The third-order valence-corrected chi connectivity index (χ3v) is 2.77. The summed E-state index contributed by atoms with van der Waals surface area (Å²) in [5.74, 6) is -1.02. The van der Waals surface area contributed by atoms with Gasteiger partial charge >= 0.3 is 11.7 Å². The highest BCUT2D eigenvalue weighted by Crippen LogP contribution is 2.19. The van der Waals surface area contributed by atoms with E-state index in [2.05, 4.69) is 10.3 Å². The first-order valence-electron chi connectivity index (χ1n) is 6.01. The Morgan fingerprint density at radius 3 is 2.67 bits per heavy atom. The largest absolute Gasteiger partial charge is 0.458 e. The number of aromatic nitrogens is 1. The number of pyridine rings is 1. The molecule has 21 heavy (non-hydrogen) atoms. The lowest BCUT2D eigenvalue weighted by Gasteiger charge is -2.21. The minimum Gasteiger partial charge on any atom is -0.458 e. The molecule has 0 radical (unpaired) electrons. The Bertz CT molecular complexity index is 559. The number of hydrogen-bond acceptors (Lipinski definition) is 7. The first-order valence-corrected chi connectivity index (χ1v) is 6.39. The number of halogens is 1. The van der Waals surface area contributed by atoms with Gasteiger partial charge in [0.15, 0.2) is 5.82 Å². The average molecular weight is 315 g/mol. The lowest BCUT2D eigenvalue weighted by Crippen LogP contribution is -2.32. The predicted octanol–water partition coefficient (Wildman–Crippen LogP) is 1.40. The van der Waals surface area contributed by atoms with Gasteiger partial charge in [-0.25, -0.2) is 9.78 Å². The first kappa shape index (κ1) is 16.7. The summed E-state index contributed by atoms with van der Waals surface area (Å²) in [6.45, 7) is 1.61. The number of rotatable bonds is 6. The summed E-state index contributed by atoms with van der Waals surface area (Å²) in [5, 5.41) is 14.1. The molecule has 114 valence electrons. The number of carbonyl (C=O) groups excluding carboxylic acids is 1. The van der Waals surface area contributed by atoms with Crippen molar-refractivity contribution in [1.29, 1.82) is 0 Å². The van der Waals surface area contributed by atoms with Crippen LogP contribution in [0.25, 0.3) is 0 Å². The number of nitro groups is 1. The fourth-order valence-corrected chi connectivity index (χ4v) is 1.71. The maximum absolute atomic E-state index is 11.7. The van der Waals surface area contributed by atoms with Gasteiger partial charge in [0.25, 0.3) is 0 Å². The van der Waals surface area contributed by atoms with Crippen molar-refractivity contribution in [3.63, 3.8) is 0 Å². The number of hydrogen-bond donors (Lipinski definition) is 1. The van der Waals surface area contributed by atoms with Crippen LogP contribution in [-0.2, 0) is 9.53 Å². The van der Waals surface area contributed by atoms with Gasteiger partial charge in [-0.2, -0.15) is 0 Å². The Morgan fingerprint density at radius 1 is 1.57 bits per heavy atom. The molecular weight excluding hydrogens is 300 g/mol. The van der Waals surface area contributed by atoms with E-state index < -0.39 is 16.6 Å². The number of nitrogens with zero attached hydrogens (tertiary/aromatic N) is 3. The van der Waals surface area contributed by atoms with Crippen molar-refractivity contribution in [3.05, 3.63) is 45.1 Å². The molecule has 0 fully saturated rings. The molecular formula is C12H15ClN4O4. The third kappa shape index (κ3) is 4.06. The highest BCUT2D eigenvalue weighted by Gasteiger charge is 2.31. The Hall–Kier alpha value is -2.35. The van der Waals surface area contributed by atoms with Gasteiger partial charge < -0.3 is 15.0 Å². The highest BCUT2D eigenvalue weighted by molar-refractivity contribution is 6.29. The molecule has 0 atom stereocenters. The zero-order chi connectivity index (χ0) is 16.0. The van der Waals surface area contributed by atoms with E-state index in [-0.39, 0.29) is 12.4 Å². The fourth-order valence-electron chi connectivity index (χ4n) is 1.60. The molecule has 0 aliphatic heterocycles. The van der Waals surface area contributed by atoms with Crippen LogP contribution in [0.15, 0.2) is 29.8 Å². The van der Waals surface area contributed by atoms with Crippen molar-refractivity contribution in [2.75, 3.05) is 25.6 Å². The lowest BCUT2D eigenvalue weighted by atomic mass is 10.3. The van der Waals surface area contributed by atoms with Gasteiger partial charge in [0.1, 0.15) is 5.15 Å². The van der Waals surface area contributed by atoms with Crippen LogP contribution in [-0.4, -0.2) is 36.6 Å². The Kier molecular flexibility index (Phi) is 5.92. The summed E-state index contributed by atoms with van der Waals surface area (Å²) in [7, 11) is 3.03. The van der Waals surface area contributed by atoms with Crippen LogP contribution in [0, 0.1) is 10.1 Å². The number of anilines is 1. The van der Waals surface area contributed by atoms with Crippen LogP contribution in [0.3, 0.4) is 0 Å². The second-order valence-corrected chi connectivity index (χ2v) is 4.21. The zero-order valence-electron chi connectivity index (χ0n) is 11.8. The molecule has 0 aromatic carbocycles. The number of carbonyl (C=O) groups is 1. The van der Waals surface area contributed by atoms with E-state index in [0.717, 1.165) is 0 Å². The fraction of sp³-hybridized carbons (Fsp3) is 0.333. The smallest absolute Gasteiger partial charge is 0.413 e. The normalized spacial score (nSPS) is 11.4. The van der Waals surface area contributed by atoms with E-state index in [9.17, 15) is 14.9 Å². The van der Waals surface area contributed by atoms with E-state index in [4.69, 9.17) is 16.3 Å². The number of nitrogens with one attached hydrogen (secondary N) is 1. The van der Waals surface area contributed by atoms with Crippen molar-refractivity contribution in [2.45, 2.75) is 6.92 Å². The summed E-state index contributed by atoms with van der Waals surface area (Å²) < 4.78 is 4.71. The molecule has 0 aliphatic rings. The van der Waals surface area contributed by atoms with E-state index in [1.165, 1.54) is 24.2 Å². The molecule has 0 spiro atoms. The minimum atomic E-state index is -1.01. The van der Waals surface area contributed by atoms with Gasteiger partial charge in [0, 0.05) is 14.1 Å². The summed E-state index contributed by atoms with van der Waals surface area (Å²) in [4.78, 5) is 27.4. The Labute approximate surface area is 126 Å². The quantitative estimate of drug-likeness (QED) is 0.278. The maximum atomic E-state index is 11.7. The van der Waals surface area contributed by atoms with Gasteiger partial charge in [-0.1, -0.05) is 11.6 Å². The maximum Gasteiger partial charge on any atom is 0.413 e. The SMILES string of the molecule is CCOC(=O)C(=C(NC)N(C)c1ccc(Cl)nc1)[N+](=O)[O-]. The predicted molar refractivity (Wildman–Crippen MR) is 77.4 cm³/mol. The molecule has 1 aromatic heterocycles. The monoisotopic (exact) mass is 314 g/mol. The molecule has 0 amide bonds. The second kappa shape index (κ2) is 7.44. The summed E-state index contributed by atoms with van der Waals surface area (Å²) in [6.07, 6.45) is 1.43. The molecule has 1 heterocycles. The van der Waals surface area contributed by atoms with Crippen molar-refractivity contribution in [1.82, 2.24) is 10.3 Å². The van der Waals surface area contributed by atoms with Gasteiger partial charge in [-0.15, -0.1) is 0 Å². The van der Waals surface area contributed by atoms with Crippen molar-refractivity contribution in [2.24, 2.45) is 0 Å². The van der Waals surface area contributed by atoms with Crippen LogP contribution in [0.2, 0.25) is 5.15 Å². The summed E-state index contributed by atoms with van der Waals surface area (Å²) >= 11 is 5.69. The molecule has 0 saturated carbocycles. The first-order chi connectivity index (χ1) is 9.92. The van der Waals surface area contributed by atoms with E-state index in [1.54, 1.807) is 20.0 Å². The van der Waals surface area contributed by atoms with Crippen molar-refractivity contribution < 1.29 is 14.5 Å². The molecule has 9 heteroatoms. The number of esters is 1. The average Bonchev–Trinajstić information content (AvgIpc) is 2.44. The van der Waals surface area contributed by atoms with Gasteiger partial charge in [-0.05, 0) is 19.1 Å². The van der Waals surface area contributed by atoms with Crippen molar-refractivity contribution in [3.8, 4) is 0 Å². The molecule has 1 rings (SSSR count). The van der Waals surface area contributed by atoms with Crippen LogP contribution < -0.4 is 10.2 Å². The Morgan fingerprint density at radius 2 is 2.24 bits per heavy atom. The topological polar surface area (TPSA) is 97.6 Å². The minimum absolute atomic E-state index is 0.0115. The van der Waals surface area contributed by atoms with E-state index in [0.29, 0.717) is 10.8 Å². The van der Waals surface area contributed by atoms with Crippen molar-refractivity contribution >= 4 is 23.3 Å². The van der Waals surface area contributed by atoms with Gasteiger partial charge in [-0.3, -0.25) is 10.1 Å². The molecule has 8 nitrogen and oxygen atoms in total. The van der Waals surface area contributed by atoms with E-state index in [1.807, 2.05) is 0 Å². The zero-order valence-corrected chi connectivity index (χ0v) is 12.5. The standard InChI is InChI=1S/C12H15ClN4O4/c1-4-21-12(18)10(17(19)20)11(14-2)16(3)8-5-6-9(13)15-7-8/h5-7,14H,4H2,1-3H3. The van der Waals surface area contributed by atoms with Gasteiger partial charge in [0.05, 0.1) is 23.4 Å². The van der Waals surface area contributed by atoms with Crippen LogP contribution in [0.4, 0.5) is 5.69 Å².